The molecule has 2 rings (SSSR count). The van der Waals surface area contributed by atoms with Gasteiger partial charge in [-0.3, -0.25) is 4.57 Å². The SMILES string of the molecule is CCOCCCNc1nccn1-c1cc(Cl)ccc1Br. The quantitative estimate of drug-likeness (QED) is 0.757. The van der Waals surface area contributed by atoms with E-state index in [1.807, 2.05) is 35.9 Å². The minimum atomic E-state index is 0.694. The zero-order valence-corrected chi connectivity index (χ0v) is 13.6. The molecule has 0 amide bonds. The van der Waals surface area contributed by atoms with E-state index in [1.165, 1.54) is 0 Å². The molecule has 0 bridgehead atoms. The molecule has 0 spiro atoms. The highest BCUT2D eigenvalue weighted by Crippen LogP contribution is 2.26. The summed E-state index contributed by atoms with van der Waals surface area (Å²) in [4.78, 5) is 4.33. The summed E-state index contributed by atoms with van der Waals surface area (Å²) in [5, 5.41) is 4.00. The van der Waals surface area contributed by atoms with Gasteiger partial charge in [-0.15, -0.1) is 0 Å². The number of halogens is 2. The molecule has 1 aromatic carbocycles. The van der Waals surface area contributed by atoms with Crippen molar-refractivity contribution in [3.05, 3.63) is 40.1 Å². The highest BCUT2D eigenvalue weighted by molar-refractivity contribution is 9.10. The molecule has 20 heavy (non-hydrogen) atoms. The molecule has 1 N–H and O–H groups in total. The van der Waals surface area contributed by atoms with Crippen LogP contribution in [0.5, 0.6) is 0 Å². The fourth-order valence-corrected chi connectivity index (χ4v) is 2.42. The third-order valence-corrected chi connectivity index (χ3v) is 3.67. The zero-order chi connectivity index (χ0) is 14.4. The summed E-state index contributed by atoms with van der Waals surface area (Å²) in [6.07, 6.45) is 4.61. The third-order valence-electron chi connectivity index (χ3n) is 2.76. The van der Waals surface area contributed by atoms with Crippen molar-refractivity contribution in [2.24, 2.45) is 0 Å². The van der Waals surface area contributed by atoms with Crippen molar-refractivity contribution in [3.8, 4) is 5.69 Å². The first kappa shape index (κ1) is 15.4. The Balaban J connectivity index is 2.06. The van der Waals surface area contributed by atoms with Crippen LogP contribution in [0.4, 0.5) is 5.95 Å². The van der Waals surface area contributed by atoms with Crippen molar-refractivity contribution in [2.75, 3.05) is 25.1 Å². The fourth-order valence-electron chi connectivity index (χ4n) is 1.82. The van der Waals surface area contributed by atoms with Gasteiger partial charge in [-0.2, -0.15) is 0 Å². The van der Waals surface area contributed by atoms with Crippen molar-refractivity contribution < 1.29 is 4.74 Å². The maximum absolute atomic E-state index is 6.06. The molecule has 1 heterocycles. The number of aromatic nitrogens is 2. The second kappa shape index (κ2) is 7.67. The van der Waals surface area contributed by atoms with Gasteiger partial charge in [0.15, 0.2) is 0 Å². The number of hydrogen-bond donors (Lipinski definition) is 1. The van der Waals surface area contributed by atoms with Crippen LogP contribution in [0.2, 0.25) is 5.02 Å². The molecule has 0 saturated carbocycles. The number of nitrogens with one attached hydrogen (secondary N) is 1. The number of anilines is 1. The number of hydrogen-bond acceptors (Lipinski definition) is 3. The van der Waals surface area contributed by atoms with Crippen molar-refractivity contribution in [2.45, 2.75) is 13.3 Å². The van der Waals surface area contributed by atoms with E-state index >= 15 is 0 Å². The first-order valence-corrected chi connectivity index (χ1v) is 7.70. The van der Waals surface area contributed by atoms with Crippen molar-refractivity contribution in [1.82, 2.24) is 9.55 Å². The van der Waals surface area contributed by atoms with Gasteiger partial charge in [0.05, 0.1) is 5.69 Å². The number of imidazole rings is 1. The number of rotatable bonds is 7. The number of ether oxygens (including phenoxy) is 1. The van der Waals surface area contributed by atoms with E-state index in [0.717, 1.165) is 42.3 Å². The molecular weight excluding hydrogens is 342 g/mol. The fraction of sp³-hybridized carbons (Fsp3) is 0.357. The summed E-state index contributed by atoms with van der Waals surface area (Å²) in [6, 6.07) is 5.68. The Hall–Kier alpha value is -1.04. The molecule has 0 unspecified atom stereocenters. The lowest BCUT2D eigenvalue weighted by atomic mass is 10.3. The minimum Gasteiger partial charge on any atom is -0.382 e. The summed E-state index contributed by atoms with van der Waals surface area (Å²) in [5.74, 6) is 0.796. The average molecular weight is 359 g/mol. The first-order chi connectivity index (χ1) is 9.72. The molecule has 1 aromatic heterocycles. The van der Waals surface area contributed by atoms with Crippen LogP contribution < -0.4 is 5.32 Å². The predicted molar refractivity (Wildman–Crippen MR) is 85.9 cm³/mol. The minimum absolute atomic E-state index is 0.694. The van der Waals surface area contributed by atoms with Gasteiger partial charge in [0.2, 0.25) is 5.95 Å². The van der Waals surface area contributed by atoms with E-state index in [2.05, 4.69) is 26.2 Å². The molecular formula is C14H17BrClN3O. The third kappa shape index (κ3) is 3.98. The van der Waals surface area contributed by atoms with E-state index < -0.39 is 0 Å². The van der Waals surface area contributed by atoms with Gasteiger partial charge in [-0.05, 0) is 47.5 Å². The van der Waals surface area contributed by atoms with E-state index in [0.29, 0.717) is 5.02 Å². The summed E-state index contributed by atoms with van der Waals surface area (Å²) >= 11 is 9.59. The summed E-state index contributed by atoms with van der Waals surface area (Å²) in [5.41, 5.74) is 0.960. The average Bonchev–Trinajstić information content (AvgIpc) is 2.89. The molecule has 0 aliphatic carbocycles. The summed E-state index contributed by atoms with van der Waals surface area (Å²) in [6.45, 7) is 4.32. The summed E-state index contributed by atoms with van der Waals surface area (Å²) in [7, 11) is 0. The molecule has 4 nitrogen and oxygen atoms in total. The van der Waals surface area contributed by atoms with E-state index in [-0.39, 0.29) is 0 Å². The Bertz CT molecular complexity index is 559. The second-order valence-corrected chi connectivity index (χ2v) is 5.48. The number of nitrogens with zero attached hydrogens (tertiary/aromatic N) is 2. The van der Waals surface area contributed by atoms with Gasteiger partial charge in [-0.25, -0.2) is 4.98 Å². The maximum Gasteiger partial charge on any atom is 0.207 e. The van der Waals surface area contributed by atoms with Crippen LogP contribution in [0.25, 0.3) is 5.69 Å². The Morgan fingerprint density at radius 3 is 3.10 bits per heavy atom. The van der Waals surface area contributed by atoms with Gasteiger partial charge in [-0.1, -0.05) is 11.6 Å². The van der Waals surface area contributed by atoms with E-state index in [1.54, 1.807) is 6.20 Å². The maximum atomic E-state index is 6.06. The lowest BCUT2D eigenvalue weighted by Gasteiger charge is -2.11. The highest BCUT2D eigenvalue weighted by atomic mass is 79.9. The van der Waals surface area contributed by atoms with Crippen molar-refractivity contribution in [1.29, 1.82) is 0 Å². The molecule has 0 aliphatic heterocycles. The lowest BCUT2D eigenvalue weighted by molar-refractivity contribution is 0.147. The topological polar surface area (TPSA) is 39.1 Å². The molecule has 0 fully saturated rings. The van der Waals surface area contributed by atoms with Gasteiger partial charge < -0.3 is 10.1 Å². The normalized spacial score (nSPS) is 10.8. The van der Waals surface area contributed by atoms with E-state index in [4.69, 9.17) is 16.3 Å². The van der Waals surface area contributed by atoms with Crippen LogP contribution in [-0.2, 0) is 4.74 Å². The van der Waals surface area contributed by atoms with Gasteiger partial charge in [0.1, 0.15) is 0 Å². The van der Waals surface area contributed by atoms with Gasteiger partial charge in [0, 0.05) is 41.6 Å². The Labute approximate surface area is 132 Å². The van der Waals surface area contributed by atoms with Crippen LogP contribution in [-0.4, -0.2) is 29.3 Å². The van der Waals surface area contributed by atoms with Gasteiger partial charge >= 0.3 is 0 Å². The second-order valence-electron chi connectivity index (χ2n) is 4.19. The van der Waals surface area contributed by atoms with Crippen LogP contribution in [0.15, 0.2) is 35.1 Å². The molecule has 2 aromatic rings. The van der Waals surface area contributed by atoms with Crippen LogP contribution in [0.3, 0.4) is 0 Å². The van der Waals surface area contributed by atoms with Crippen molar-refractivity contribution in [3.63, 3.8) is 0 Å². The Morgan fingerprint density at radius 2 is 2.30 bits per heavy atom. The first-order valence-electron chi connectivity index (χ1n) is 6.52. The zero-order valence-electron chi connectivity index (χ0n) is 11.3. The highest BCUT2D eigenvalue weighted by Gasteiger charge is 2.08. The Morgan fingerprint density at radius 1 is 1.45 bits per heavy atom. The van der Waals surface area contributed by atoms with Crippen LogP contribution in [0, 0.1) is 0 Å². The smallest absolute Gasteiger partial charge is 0.207 e. The molecule has 0 aliphatic rings. The van der Waals surface area contributed by atoms with Crippen LogP contribution in [0.1, 0.15) is 13.3 Å². The molecule has 6 heteroatoms. The summed E-state index contributed by atoms with van der Waals surface area (Å²) < 4.78 is 8.25. The van der Waals surface area contributed by atoms with E-state index in [9.17, 15) is 0 Å². The predicted octanol–water partition coefficient (Wildman–Crippen LogP) is 4.13. The molecule has 0 radical (unpaired) electrons. The Kier molecular flexibility index (Phi) is 5.88. The standard InChI is InChI=1S/C14H17BrClN3O/c1-2-20-9-3-6-17-14-18-7-8-19(14)13-10-11(16)4-5-12(13)15/h4-5,7-8,10H,2-3,6,9H2,1H3,(H,17,18). The molecule has 0 atom stereocenters. The molecule has 0 saturated heterocycles. The largest absolute Gasteiger partial charge is 0.382 e. The lowest BCUT2D eigenvalue weighted by Crippen LogP contribution is -2.10. The van der Waals surface area contributed by atoms with Crippen molar-refractivity contribution >= 4 is 33.5 Å². The van der Waals surface area contributed by atoms with Crippen LogP contribution >= 0.6 is 27.5 Å². The van der Waals surface area contributed by atoms with Gasteiger partial charge in [0.25, 0.3) is 0 Å². The molecule has 108 valence electrons. The number of benzene rings is 1. The monoisotopic (exact) mass is 357 g/mol.